The van der Waals surface area contributed by atoms with E-state index in [9.17, 15) is 14.0 Å². The number of carbonyl (C=O) groups excluding carboxylic acids is 1. The van der Waals surface area contributed by atoms with Gasteiger partial charge in [-0.25, -0.2) is 14.1 Å². The molecule has 184 valence electrons. The molecule has 3 heterocycles. The summed E-state index contributed by atoms with van der Waals surface area (Å²) in [4.78, 5) is 33.7. The number of halogens is 1. The maximum Gasteiger partial charge on any atom is 0.268 e. The number of aryl methyl sites for hydroxylation is 3. The molecule has 0 aliphatic rings. The number of hydrogen-bond acceptors (Lipinski definition) is 5. The molecule has 0 fully saturated rings. The highest BCUT2D eigenvalue weighted by Crippen LogP contribution is 2.25. The fraction of sp³-hybridized carbons (Fsp3) is 0.385. The fourth-order valence-corrected chi connectivity index (χ4v) is 5.27. The number of amides is 1. The Morgan fingerprint density at radius 1 is 1.11 bits per heavy atom. The zero-order chi connectivity index (χ0) is 25.3. The highest BCUT2D eigenvalue weighted by molar-refractivity contribution is 7.15. The number of benzene rings is 1. The predicted molar refractivity (Wildman–Crippen MR) is 137 cm³/mol. The van der Waals surface area contributed by atoms with Crippen LogP contribution in [0.5, 0.6) is 0 Å². The van der Waals surface area contributed by atoms with E-state index in [1.807, 2.05) is 44.0 Å². The van der Waals surface area contributed by atoms with Gasteiger partial charge in [0.2, 0.25) is 5.91 Å². The molecule has 0 aliphatic heterocycles. The summed E-state index contributed by atoms with van der Waals surface area (Å²) < 4.78 is 17.1. The van der Waals surface area contributed by atoms with E-state index in [1.54, 1.807) is 17.7 Å². The Morgan fingerprint density at radius 2 is 1.83 bits per heavy atom. The average Bonchev–Trinajstić information content (AvgIpc) is 3.38. The van der Waals surface area contributed by atoms with Gasteiger partial charge in [-0.2, -0.15) is 5.10 Å². The first-order chi connectivity index (χ1) is 16.7. The van der Waals surface area contributed by atoms with Gasteiger partial charge in [0.15, 0.2) is 4.96 Å². The van der Waals surface area contributed by atoms with Gasteiger partial charge in [-0.15, -0.1) is 11.3 Å². The summed E-state index contributed by atoms with van der Waals surface area (Å²) in [5.41, 5.74) is 4.05. The van der Waals surface area contributed by atoms with Gasteiger partial charge in [0.25, 0.3) is 5.56 Å². The van der Waals surface area contributed by atoms with Gasteiger partial charge in [0.1, 0.15) is 11.5 Å². The summed E-state index contributed by atoms with van der Waals surface area (Å²) in [6, 6.07) is 6.35. The highest BCUT2D eigenvalue weighted by Gasteiger charge is 2.21. The largest absolute Gasteiger partial charge is 0.342 e. The number of carbonyl (C=O) groups is 1. The molecule has 0 unspecified atom stereocenters. The second kappa shape index (κ2) is 10.1. The van der Waals surface area contributed by atoms with Crippen molar-refractivity contribution in [3.8, 4) is 16.9 Å². The van der Waals surface area contributed by atoms with E-state index in [-0.39, 0.29) is 23.7 Å². The van der Waals surface area contributed by atoms with Crippen molar-refractivity contribution >= 4 is 22.2 Å². The highest BCUT2D eigenvalue weighted by atomic mass is 32.1. The average molecular weight is 496 g/mol. The van der Waals surface area contributed by atoms with Crippen LogP contribution in [0.3, 0.4) is 0 Å². The molecule has 7 nitrogen and oxygen atoms in total. The summed E-state index contributed by atoms with van der Waals surface area (Å²) in [6.45, 7) is 11.0. The van der Waals surface area contributed by atoms with E-state index in [0.717, 1.165) is 24.1 Å². The van der Waals surface area contributed by atoms with Crippen molar-refractivity contribution in [1.29, 1.82) is 0 Å². The van der Waals surface area contributed by atoms with Crippen LogP contribution < -0.4 is 5.56 Å². The van der Waals surface area contributed by atoms with E-state index in [1.165, 1.54) is 27.9 Å². The molecule has 9 heteroatoms. The lowest BCUT2D eigenvalue weighted by atomic mass is 10.1. The Morgan fingerprint density at radius 3 is 2.51 bits per heavy atom. The maximum absolute atomic E-state index is 13.9. The molecule has 1 aromatic carbocycles. The van der Waals surface area contributed by atoms with Crippen molar-refractivity contribution in [2.45, 2.75) is 53.9 Å². The normalized spacial score (nSPS) is 11.4. The summed E-state index contributed by atoms with van der Waals surface area (Å²) in [5.74, 6) is -0.349. The molecule has 0 atom stereocenters. The van der Waals surface area contributed by atoms with E-state index >= 15 is 0 Å². The number of rotatable bonds is 8. The lowest BCUT2D eigenvalue weighted by Gasteiger charge is -2.21. The first-order valence-corrected chi connectivity index (χ1v) is 12.7. The molecular formula is C26H30FN5O2S. The first kappa shape index (κ1) is 24.8. The standard InChI is InChI=1S/C26H30FN5O2S/c1-6-10-30(11-7-2)23(33)14-20-15-35-26-28-18(5)24(25(34)31(20)26)21-12-17(4)32(29-21)22-13-19(27)9-8-16(22)3/h8-9,12-13,15H,6-7,10-11,14H2,1-5H3. The molecule has 0 saturated carbocycles. The van der Waals surface area contributed by atoms with Crippen molar-refractivity contribution in [2.24, 2.45) is 0 Å². The van der Waals surface area contributed by atoms with Crippen LogP contribution in [0.1, 0.15) is 49.3 Å². The van der Waals surface area contributed by atoms with Crippen LogP contribution in [0.2, 0.25) is 0 Å². The Labute approximate surface area is 207 Å². The Balaban J connectivity index is 1.78. The third kappa shape index (κ3) is 4.77. The van der Waals surface area contributed by atoms with Gasteiger partial charge in [0.05, 0.1) is 23.4 Å². The zero-order valence-corrected chi connectivity index (χ0v) is 21.6. The maximum atomic E-state index is 13.9. The molecule has 0 aliphatic carbocycles. The molecule has 0 bridgehead atoms. The zero-order valence-electron chi connectivity index (χ0n) is 20.8. The number of fused-ring (bicyclic) bond motifs is 1. The second-order valence-electron chi connectivity index (χ2n) is 8.79. The Hall–Kier alpha value is -3.33. The third-order valence-electron chi connectivity index (χ3n) is 6.04. The molecule has 3 aromatic heterocycles. The summed E-state index contributed by atoms with van der Waals surface area (Å²) >= 11 is 1.35. The minimum absolute atomic E-state index is 0.00382. The van der Waals surface area contributed by atoms with Gasteiger partial charge in [0, 0.05) is 29.9 Å². The minimum atomic E-state index is -0.353. The van der Waals surface area contributed by atoms with Gasteiger partial charge in [-0.05, 0) is 57.4 Å². The van der Waals surface area contributed by atoms with Crippen LogP contribution in [-0.2, 0) is 11.2 Å². The molecule has 4 rings (SSSR count). The molecule has 0 radical (unpaired) electrons. The summed E-state index contributed by atoms with van der Waals surface area (Å²) in [5, 5.41) is 6.49. The number of thiazole rings is 1. The predicted octanol–water partition coefficient (Wildman–Crippen LogP) is 4.86. The second-order valence-corrected chi connectivity index (χ2v) is 9.63. The van der Waals surface area contributed by atoms with Gasteiger partial charge >= 0.3 is 0 Å². The van der Waals surface area contributed by atoms with E-state index in [4.69, 9.17) is 0 Å². The lowest BCUT2D eigenvalue weighted by Crippen LogP contribution is -2.34. The van der Waals surface area contributed by atoms with E-state index in [2.05, 4.69) is 10.1 Å². The SMILES string of the molecule is CCCN(CCC)C(=O)Cc1csc2nc(C)c(-c3cc(C)n(-c4cc(F)ccc4C)n3)c(=O)n12. The van der Waals surface area contributed by atoms with Crippen LogP contribution in [-0.4, -0.2) is 43.1 Å². The van der Waals surface area contributed by atoms with Gasteiger partial charge in [-0.3, -0.25) is 14.0 Å². The quantitative estimate of drug-likeness (QED) is 0.350. The molecule has 0 N–H and O–H groups in total. The van der Waals surface area contributed by atoms with Crippen LogP contribution in [0.15, 0.2) is 34.4 Å². The Kier molecular flexibility index (Phi) is 7.16. The van der Waals surface area contributed by atoms with Crippen LogP contribution in [0.25, 0.3) is 21.9 Å². The van der Waals surface area contributed by atoms with Crippen molar-refractivity contribution in [3.63, 3.8) is 0 Å². The van der Waals surface area contributed by atoms with Crippen LogP contribution >= 0.6 is 11.3 Å². The van der Waals surface area contributed by atoms with Gasteiger partial charge in [-0.1, -0.05) is 19.9 Å². The monoisotopic (exact) mass is 495 g/mol. The summed E-state index contributed by atoms with van der Waals surface area (Å²) in [7, 11) is 0. The van der Waals surface area contributed by atoms with Crippen molar-refractivity contribution in [1.82, 2.24) is 24.1 Å². The first-order valence-electron chi connectivity index (χ1n) is 11.9. The number of nitrogens with zero attached hydrogens (tertiary/aromatic N) is 5. The lowest BCUT2D eigenvalue weighted by molar-refractivity contribution is -0.130. The molecule has 1 amide bonds. The molecule has 35 heavy (non-hydrogen) atoms. The van der Waals surface area contributed by atoms with Crippen LogP contribution in [0, 0.1) is 26.6 Å². The number of hydrogen-bond donors (Lipinski definition) is 0. The van der Waals surface area contributed by atoms with E-state index < -0.39 is 0 Å². The molecular weight excluding hydrogens is 465 g/mol. The smallest absolute Gasteiger partial charge is 0.268 e. The van der Waals surface area contributed by atoms with Crippen molar-refractivity contribution in [3.05, 3.63) is 68.5 Å². The third-order valence-corrected chi connectivity index (χ3v) is 6.91. The van der Waals surface area contributed by atoms with Crippen molar-refractivity contribution < 1.29 is 9.18 Å². The van der Waals surface area contributed by atoms with Gasteiger partial charge < -0.3 is 4.90 Å². The van der Waals surface area contributed by atoms with E-state index in [0.29, 0.717) is 46.4 Å². The topological polar surface area (TPSA) is 72.5 Å². The van der Waals surface area contributed by atoms with Crippen LogP contribution in [0.4, 0.5) is 4.39 Å². The minimum Gasteiger partial charge on any atom is -0.342 e. The molecule has 0 saturated heterocycles. The molecule has 0 spiro atoms. The summed E-state index contributed by atoms with van der Waals surface area (Å²) in [6.07, 6.45) is 1.90. The number of aromatic nitrogens is 4. The Bertz CT molecular complexity index is 1450. The fourth-order valence-electron chi connectivity index (χ4n) is 4.34. The van der Waals surface area contributed by atoms with Crippen molar-refractivity contribution in [2.75, 3.05) is 13.1 Å². The molecule has 4 aromatic rings.